The monoisotopic (exact) mass is 276 g/mol. The molecule has 0 atom stereocenters. The van der Waals surface area contributed by atoms with Gasteiger partial charge >= 0.3 is 0 Å². The second kappa shape index (κ2) is 5.96. The smallest absolute Gasteiger partial charge is 0.239 e. The number of carbonyl (C=O) groups is 1. The molecule has 1 aromatic carbocycles. The summed E-state index contributed by atoms with van der Waals surface area (Å²) in [6.45, 7) is 0.560. The van der Waals surface area contributed by atoms with Crippen LogP contribution in [0.4, 0.5) is 5.69 Å². The highest BCUT2D eigenvalue weighted by molar-refractivity contribution is 5.73. The number of phenols is 1. The van der Waals surface area contributed by atoms with Crippen LogP contribution in [-0.4, -0.2) is 27.9 Å². The Morgan fingerprint density at radius 2 is 2.35 bits per heavy atom. The summed E-state index contributed by atoms with van der Waals surface area (Å²) in [6.07, 6.45) is 3.29. The average molecular weight is 276 g/mol. The molecule has 7 heteroatoms. The highest BCUT2D eigenvalue weighted by Crippen LogP contribution is 2.26. The summed E-state index contributed by atoms with van der Waals surface area (Å²) < 4.78 is 6.43. The number of hydrogen-bond donors (Lipinski definition) is 3. The molecule has 2 aromatic rings. The molecule has 0 aliphatic rings. The molecule has 0 fully saturated rings. The Hall–Kier alpha value is -2.70. The number of methoxy groups -OCH3 is 1. The summed E-state index contributed by atoms with van der Waals surface area (Å²) in [5.41, 5.74) is 6.74. The van der Waals surface area contributed by atoms with Crippen LogP contribution in [0, 0.1) is 0 Å². The third-order valence-corrected chi connectivity index (χ3v) is 2.69. The van der Waals surface area contributed by atoms with E-state index in [9.17, 15) is 9.90 Å². The Bertz CT molecular complexity index is 609. The summed E-state index contributed by atoms with van der Waals surface area (Å²) in [4.78, 5) is 10.8. The van der Waals surface area contributed by atoms with E-state index in [1.54, 1.807) is 24.5 Å². The van der Waals surface area contributed by atoms with Crippen LogP contribution in [0.1, 0.15) is 5.56 Å². The summed E-state index contributed by atoms with van der Waals surface area (Å²) in [5.74, 6) is 0.0824. The van der Waals surface area contributed by atoms with Gasteiger partial charge < -0.3 is 20.9 Å². The number of carbonyl (C=O) groups excluding carboxylic acids is 1. The molecule has 2 rings (SSSR count). The summed E-state index contributed by atoms with van der Waals surface area (Å²) in [6, 6.07) is 5.17. The van der Waals surface area contributed by atoms with Gasteiger partial charge in [0.25, 0.3) is 0 Å². The number of amides is 1. The third-order valence-electron chi connectivity index (χ3n) is 2.69. The van der Waals surface area contributed by atoms with E-state index in [1.165, 1.54) is 11.8 Å². The number of hydrogen-bond acceptors (Lipinski definition) is 5. The Morgan fingerprint density at radius 1 is 1.55 bits per heavy atom. The Labute approximate surface area is 116 Å². The number of nitrogens with one attached hydrogen (secondary N) is 1. The predicted octanol–water partition coefficient (Wildman–Crippen LogP) is 0.695. The highest BCUT2D eigenvalue weighted by Gasteiger charge is 2.04. The molecule has 0 bridgehead atoms. The van der Waals surface area contributed by atoms with Crippen LogP contribution in [0.15, 0.2) is 30.6 Å². The van der Waals surface area contributed by atoms with Crippen molar-refractivity contribution in [2.24, 2.45) is 5.73 Å². The second-order valence-corrected chi connectivity index (χ2v) is 4.25. The standard InChI is InChI=1S/C13H16N4O3/c1-20-12-3-2-9(4-11(12)18)5-15-10-6-16-17(7-10)8-13(14)19/h2-4,6-7,15,18H,5,8H2,1H3,(H2,14,19). The molecular formula is C13H16N4O3. The van der Waals surface area contributed by atoms with E-state index in [2.05, 4.69) is 10.4 Å². The molecule has 0 radical (unpaired) electrons. The molecule has 106 valence electrons. The van der Waals surface area contributed by atoms with Gasteiger partial charge in [0.05, 0.1) is 19.0 Å². The number of aromatic nitrogens is 2. The lowest BCUT2D eigenvalue weighted by molar-refractivity contribution is -0.118. The number of ether oxygens (including phenoxy) is 1. The zero-order valence-corrected chi connectivity index (χ0v) is 11.0. The molecule has 1 amide bonds. The quantitative estimate of drug-likeness (QED) is 0.720. The van der Waals surface area contributed by atoms with Crippen molar-refractivity contribution < 1.29 is 14.6 Å². The van der Waals surface area contributed by atoms with Crippen molar-refractivity contribution in [2.45, 2.75) is 13.1 Å². The van der Waals surface area contributed by atoms with Gasteiger partial charge in [0.1, 0.15) is 6.54 Å². The molecule has 0 saturated heterocycles. The minimum Gasteiger partial charge on any atom is -0.504 e. The highest BCUT2D eigenvalue weighted by atomic mass is 16.5. The van der Waals surface area contributed by atoms with Gasteiger partial charge in [-0.2, -0.15) is 5.10 Å². The minimum absolute atomic E-state index is 0.0466. The van der Waals surface area contributed by atoms with E-state index in [4.69, 9.17) is 10.5 Å². The Balaban J connectivity index is 1.96. The lowest BCUT2D eigenvalue weighted by Crippen LogP contribution is -2.18. The van der Waals surface area contributed by atoms with E-state index < -0.39 is 5.91 Å². The predicted molar refractivity (Wildman–Crippen MR) is 73.4 cm³/mol. The second-order valence-electron chi connectivity index (χ2n) is 4.25. The lowest BCUT2D eigenvalue weighted by atomic mass is 10.2. The van der Waals surface area contributed by atoms with Gasteiger partial charge in [0.15, 0.2) is 11.5 Å². The molecule has 7 nitrogen and oxygen atoms in total. The molecule has 0 saturated carbocycles. The first-order chi connectivity index (χ1) is 9.58. The molecular weight excluding hydrogens is 260 g/mol. The van der Waals surface area contributed by atoms with E-state index in [-0.39, 0.29) is 12.3 Å². The molecule has 0 unspecified atom stereocenters. The minimum atomic E-state index is -0.445. The number of primary amides is 1. The molecule has 4 N–H and O–H groups in total. The molecule has 0 spiro atoms. The van der Waals surface area contributed by atoms with Crippen molar-refractivity contribution in [1.29, 1.82) is 0 Å². The van der Waals surface area contributed by atoms with Gasteiger partial charge in [-0.15, -0.1) is 0 Å². The normalized spacial score (nSPS) is 10.2. The van der Waals surface area contributed by atoms with E-state index in [0.717, 1.165) is 11.3 Å². The number of nitrogens with two attached hydrogens (primary N) is 1. The number of anilines is 1. The van der Waals surface area contributed by atoms with Crippen molar-refractivity contribution in [3.8, 4) is 11.5 Å². The van der Waals surface area contributed by atoms with Gasteiger partial charge in [-0.3, -0.25) is 9.48 Å². The van der Waals surface area contributed by atoms with Crippen LogP contribution in [0.5, 0.6) is 11.5 Å². The number of phenolic OH excluding ortho intramolecular Hbond substituents is 1. The SMILES string of the molecule is COc1ccc(CNc2cnn(CC(N)=O)c2)cc1O. The largest absolute Gasteiger partial charge is 0.504 e. The maximum absolute atomic E-state index is 10.8. The van der Waals surface area contributed by atoms with Gasteiger partial charge in [0, 0.05) is 12.7 Å². The molecule has 20 heavy (non-hydrogen) atoms. The zero-order valence-electron chi connectivity index (χ0n) is 11.0. The molecule has 1 heterocycles. The molecule has 1 aromatic heterocycles. The maximum atomic E-state index is 10.8. The van der Waals surface area contributed by atoms with Gasteiger partial charge in [0.2, 0.25) is 5.91 Å². The third kappa shape index (κ3) is 3.41. The van der Waals surface area contributed by atoms with Crippen LogP contribution >= 0.6 is 0 Å². The first-order valence-electron chi connectivity index (χ1n) is 5.99. The summed E-state index contributed by atoms with van der Waals surface area (Å²) >= 11 is 0. The first kappa shape index (κ1) is 13.7. The Morgan fingerprint density at radius 3 is 3.00 bits per heavy atom. The average Bonchev–Trinajstić information content (AvgIpc) is 2.83. The zero-order chi connectivity index (χ0) is 14.5. The van der Waals surface area contributed by atoms with Crippen LogP contribution < -0.4 is 15.8 Å². The van der Waals surface area contributed by atoms with Crippen molar-refractivity contribution in [1.82, 2.24) is 9.78 Å². The molecule has 0 aliphatic carbocycles. The van der Waals surface area contributed by atoms with Crippen molar-refractivity contribution in [3.63, 3.8) is 0 Å². The summed E-state index contributed by atoms with van der Waals surface area (Å²) in [7, 11) is 1.50. The van der Waals surface area contributed by atoms with Crippen LogP contribution in [0.3, 0.4) is 0 Å². The fraction of sp³-hybridized carbons (Fsp3) is 0.231. The fourth-order valence-electron chi connectivity index (χ4n) is 1.75. The van der Waals surface area contributed by atoms with Crippen molar-refractivity contribution in [3.05, 3.63) is 36.2 Å². The number of nitrogens with zero attached hydrogens (tertiary/aromatic N) is 2. The van der Waals surface area contributed by atoms with Crippen LogP contribution in [0.25, 0.3) is 0 Å². The van der Waals surface area contributed by atoms with E-state index in [0.29, 0.717) is 12.3 Å². The number of rotatable bonds is 6. The van der Waals surface area contributed by atoms with Crippen molar-refractivity contribution >= 4 is 11.6 Å². The molecule has 0 aliphatic heterocycles. The van der Waals surface area contributed by atoms with Crippen LogP contribution in [-0.2, 0) is 17.9 Å². The van der Waals surface area contributed by atoms with Gasteiger partial charge in [-0.25, -0.2) is 0 Å². The summed E-state index contributed by atoms with van der Waals surface area (Å²) in [5, 5.41) is 16.8. The Kier molecular flexibility index (Phi) is 4.09. The first-order valence-corrected chi connectivity index (χ1v) is 5.99. The van der Waals surface area contributed by atoms with E-state index in [1.807, 2.05) is 6.07 Å². The van der Waals surface area contributed by atoms with E-state index >= 15 is 0 Å². The maximum Gasteiger partial charge on any atom is 0.239 e. The lowest BCUT2D eigenvalue weighted by Gasteiger charge is -2.07. The van der Waals surface area contributed by atoms with Gasteiger partial charge in [-0.05, 0) is 17.7 Å². The number of benzene rings is 1. The van der Waals surface area contributed by atoms with Crippen LogP contribution in [0.2, 0.25) is 0 Å². The fourth-order valence-corrected chi connectivity index (χ4v) is 1.75. The van der Waals surface area contributed by atoms with Gasteiger partial charge in [-0.1, -0.05) is 6.07 Å². The van der Waals surface area contributed by atoms with Crippen molar-refractivity contribution in [2.75, 3.05) is 12.4 Å². The number of aromatic hydroxyl groups is 1. The topological polar surface area (TPSA) is 102 Å².